The fraction of sp³-hybridized carbons (Fsp3) is 0.300. The lowest BCUT2D eigenvalue weighted by Gasteiger charge is -2.00. The lowest BCUT2D eigenvalue weighted by atomic mass is 10.1. The molecule has 0 radical (unpaired) electrons. The van der Waals surface area contributed by atoms with E-state index in [1.165, 1.54) is 5.56 Å². The summed E-state index contributed by atoms with van der Waals surface area (Å²) in [7, 11) is 0. The molecule has 1 aromatic carbocycles. The van der Waals surface area contributed by atoms with Gasteiger partial charge in [-0.05, 0) is 24.1 Å². The predicted octanol–water partition coefficient (Wildman–Crippen LogP) is 1.05. The van der Waals surface area contributed by atoms with Gasteiger partial charge < -0.3 is 5.73 Å². The Balaban J connectivity index is 2.73. The number of hydrogen-bond acceptors (Lipinski definition) is 2. The predicted molar refractivity (Wildman–Crippen MR) is 59.0 cm³/mol. The molecule has 5 N–H and O–H groups in total. The summed E-state index contributed by atoms with van der Waals surface area (Å²) in [5.74, 6) is 5.31. The second kappa shape index (κ2) is 5.24. The van der Waals surface area contributed by atoms with Gasteiger partial charge in [0.25, 0.3) is 0 Å². The maximum absolute atomic E-state index is 5.42. The summed E-state index contributed by atoms with van der Waals surface area (Å²) in [6, 6.07) is 7.95. The van der Waals surface area contributed by atoms with E-state index in [1.807, 2.05) is 24.3 Å². The lowest BCUT2D eigenvalue weighted by Crippen LogP contribution is -2.36. The van der Waals surface area contributed by atoms with Crippen LogP contribution < -0.4 is 17.0 Å². The lowest BCUT2D eigenvalue weighted by molar-refractivity contribution is 0.922. The number of aliphatic imine (C=N–C) groups is 1. The number of aryl methyl sites for hydroxylation is 1. The monoisotopic (exact) mass is 192 g/mol. The quantitative estimate of drug-likeness (QED) is 0.290. The number of nitrogens with one attached hydrogen (secondary N) is 1. The molecule has 1 aromatic rings. The van der Waals surface area contributed by atoms with Crippen LogP contribution >= 0.6 is 0 Å². The van der Waals surface area contributed by atoms with Gasteiger partial charge in [0.05, 0.1) is 5.69 Å². The van der Waals surface area contributed by atoms with Crippen molar-refractivity contribution < 1.29 is 0 Å². The summed E-state index contributed by atoms with van der Waals surface area (Å²) in [5.41, 5.74) is 9.81. The Bertz CT molecular complexity index is 302. The molecule has 0 saturated carbocycles. The zero-order valence-corrected chi connectivity index (χ0v) is 8.33. The van der Waals surface area contributed by atoms with Crippen LogP contribution in [-0.4, -0.2) is 5.96 Å². The zero-order valence-electron chi connectivity index (χ0n) is 8.33. The molecule has 0 aliphatic carbocycles. The second-order valence-corrected chi connectivity index (χ2v) is 3.06. The molecule has 0 amide bonds. The molecule has 0 aliphatic heterocycles. The highest BCUT2D eigenvalue weighted by Crippen LogP contribution is 2.13. The first kappa shape index (κ1) is 10.5. The highest BCUT2D eigenvalue weighted by Gasteiger charge is 1.93. The van der Waals surface area contributed by atoms with Crippen molar-refractivity contribution in [1.29, 1.82) is 0 Å². The summed E-state index contributed by atoms with van der Waals surface area (Å²) in [5, 5.41) is 0. The molecule has 0 bridgehead atoms. The fourth-order valence-corrected chi connectivity index (χ4v) is 1.20. The number of nitrogens with zero attached hydrogens (tertiary/aromatic N) is 1. The zero-order chi connectivity index (χ0) is 10.4. The van der Waals surface area contributed by atoms with Gasteiger partial charge in [0.2, 0.25) is 5.96 Å². The second-order valence-electron chi connectivity index (χ2n) is 3.06. The molecular weight excluding hydrogens is 176 g/mol. The fourth-order valence-electron chi connectivity index (χ4n) is 1.20. The van der Waals surface area contributed by atoms with E-state index < -0.39 is 0 Å². The Morgan fingerprint density at radius 1 is 1.36 bits per heavy atom. The SMILES string of the molecule is CCCc1ccc(N=C(N)NN)cc1. The van der Waals surface area contributed by atoms with Crippen LogP contribution in [0.1, 0.15) is 18.9 Å². The minimum Gasteiger partial charge on any atom is -0.369 e. The van der Waals surface area contributed by atoms with Crippen LogP contribution in [0.25, 0.3) is 0 Å². The van der Waals surface area contributed by atoms with Crippen LogP contribution in [0.5, 0.6) is 0 Å². The van der Waals surface area contributed by atoms with Crippen LogP contribution in [0.15, 0.2) is 29.3 Å². The topological polar surface area (TPSA) is 76.4 Å². The third-order valence-electron chi connectivity index (χ3n) is 1.87. The standard InChI is InChI=1S/C10H16N4/c1-2-3-8-4-6-9(7-5-8)13-10(11)14-12/h4-7H,2-3,12H2,1H3,(H3,11,13,14). The molecule has 0 aromatic heterocycles. The molecule has 76 valence electrons. The van der Waals surface area contributed by atoms with Crippen LogP contribution in [0, 0.1) is 0 Å². The van der Waals surface area contributed by atoms with E-state index >= 15 is 0 Å². The Morgan fingerprint density at radius 2 is 2.00 bits per heavy atom. The van der Waals surface area contributed by atoms with E-state index in [1.54, 1.807) is 0 Å². The first-order chi connectivity index (χ1) is 6.76. The average molecular weight is 192 g/mol. The molecule has 4 heteroatoms. The minimum atomic E-state index is 0.216. The number of hydrazine groups is 1. The highest BCUT2D eigenvalue weighted by molar-refractivity contribution is 5.80. The van der Waals surface area contributed by atoms with Gasteiger partial charge in [-0.25, -0.2) is 10.8 Å². The van der Waals surface area contributed by atoms with E-state index in [9.17, 15) is 0 Å². The number of nitrogens with two attached hydrogens (primary N) is 2. The maximum atomic E-state index is 5.42. The molecule has 0 atom stereocenters. The Hall–Kier alpha value is -1.55. The molecule has 0 fully saturated rings. The molecule has 0 spiro atoms. The van der Waals surface area contributed by atoms with Crippen molar-refractivity contribution in [3.05, 3.63) is 29.8 Å². The summed E-state index contributed by atoms with van der Waals surface area (Å²) in [4.78, 5) is 4.04. The van der Waals surface area contributed by atoms with E-state index in [4.69, 9.17) is 11.6 Å². The van der Waals surface area contributed by atoms with Crippen molar-refractivity contribution in [2.45, 2.75) is 19.8 Å². The average Bonchev–Trinajstić information content (AvgIpc) is 2.21. The van der Waals surface area contributed by atoms with Crippen molar-refractivity contribution in [2.24, 2.45) is 16.6 Å². The van der Waals surface area contributed by atoms with Crippen molar-refractivity contribution in [3.63, 3.8) is 0 Å². The van der Waals surface area contributed by atoms with E-state index in [2.05, 4.69) is 17.3 Å². The Labute approximate surface area is 84.0 Å². The molecule has 0 heterocycles. The van der Waals surface area contributed by atoms with Crippen molar-refractivity contribution in [2.75, 3.05) is 0 Å². The molecule has 1 rings (SSSR count). The molecule has 0 aliphatic rings. The van der Waals surface area contributed by atoms with Gasteiger partial charge in [-0.3, -0.25) is 5.43 Å². The van der Waals surface area contributed by atoms with Crippen molar-refractivity contribution in [1.82, 2.24) is 5.43 Å². The third kappa shape index (κ3) is 3.06. The number of guanidine groups is 1. The smallest absolute Gasteiger partial charge is 0.208 e. The minimum absolute atomic E-state index is 0.216. The summed E-state index contributed by atoms with van der Waals surface area (Å²) < 4.78 is 0. The maximum Gasteiger partial charge on any atom is 0.208 e. The molecule has 4 nitrogen and oxygen atoms in total. The number of benzene rings is 1. The van der Waals surface area contributed by atoms with Gasteiger partial charge in [0, 0.05) is 0 Å². The van der Waals surface area contributed by atoms with Crippen LogP contribution in [-0.2, 0) is 6.42 Å². The molecule has 0 unspecified atom stereocenters. The Kier molecular flexibility index (Phi) is 3.94. The van der Waals surface area contributed by atoms with Crippen LogP contribution in [0.2, 0.25) is 0 Å². The highest BCUT2D eigenvalue weighted by atomic mass is 15.3. The van der Waals surface area contributed by atoms with Crippen LogP contribution in [0.3, 0.4) is 0 Å². The summed E-state index contributed by atoms with van der Waals surface area (Å²) >= 11 is 0. The first-order valence-corrected chi connectivity index (χ1v) is 4.66. The molecular formula is C10H16N4. The first-order valence-electron chi connectivity index (χ1n) is 4.66. The summed E-state index contributed by atoms with van der Waals surface area (Å²) in [6.45, 7) is 2.16. The molecule has 0 saturated heterocycles. The van der Waals surface area contributed by atoms with Gasteiger partial charge in [-0.2, -0.15) is 0 Å². The van der Waals surface area contributed by atoms with Crippen molar-refractivity contribution in [3.8, 4) is 0 Å². The van der Waals surface area contributed by atoms with Gasteiger partial charge in [-0.15, -0.1) is 0 Å². The van der Waals surface area contributed by atoms with Crippen molar-refractivity contribution >= 4 is 11.6 Å². The number of rotatable bonds is 3. The van der Waals surface area contributed by atoms with Gasteiger partial charge >= 0.3 is 0 Å². The van der Waals surface area contributed by atoms with E-state index in [0.29, 0.717) is 0 Å². The molecule has 14 heavy (non-hydrogen) atoms. The van der Waals surface area contributed by atoms with Gasteiger partial charge in [-0.1, -0.05) is 25.5 Å². The van der Waals surface area contributed by atoms with Crippen LogP contribution in [0.4, 0.5) is 5.69 Å². The third-order valence-corrected chi connectivity index (χ3v) is 1.87. The number of hydrogen-bond donors (Lipinski definition) is 3. The summed E-state index contributed by atoms with van der Waals surface area (Å²) in [6.07, 6.45) is 2.24. The normalized spacial score (nSPS) is 11.4. The van der Waals surface area contributed by atoms with E-state index in [0.717, 1.165) is 18.5 Å². The largest absolute Gasteiger partial charge is 0.369 e. The van der Waals surface area contributed by atoms with E-state index in [-0.39, 0.29) is 5.96 Å². The Morgan fingerprint density at radius 3 is 2.50 bits per heavy atom. The van der Waals surface area contributed by atoms with Gasteiger partial charge in [0.15, 0.2) is 0 Å². The van der Waals surface area contributed by atoms with Gasteiger partial charge in [0.1, 0.15) is 0 Å².